The molecule has 0 spiro atoms. The minimum Gasteiger partial charge on any atom is -0.480 e. The van der Waals surface area contributed by atoms with Crippen molar-refractivity contribution in [1.82, 2.24) is 20.1 Å². The minimum atomic E-state index is -0.283. The lowest BCUT2D eigenvalue weighted by atomic mass is 10.2. The van der Waals surface area contributed by atoms with Crippen LogP contribution in [0.2, 0.25) is 0 Å². The van der Waals surface area contributed by atoms with Crippen LogP contribution in [-0.2, 0) is 7.05 Å². The Morgan fingerprint density at radius 2 is 2.23 bits per heavy atom. The molecule has 0 radical (unpaired) electrons. The van der Waals surface area contributed by atoms with Crippen LogP contribution in [0, 0.1) is 13.8 Å². The van der Waals surface area contributed by atoms with E-state index in [1.807, 2.05) is 27.0 Å². The van der Waals surface area contributed by atoms with Crippen LogP contribution >= 0.6 is 11.3 Å². The van der Waals surface area contributed by atoms with Crippen LogP contribution in [-0.4, -0.2) is 34.5 Å². The van der Waals surface area contributed by atoms with Crippen molar-refractivity contribution >= 4 is 23.1 Å². The summed E-state index contributed by atoms with van der Waals surface area (Å²) in [7, 11) is 3.31. The number of amides is 2. The first-order valence-corrected chi connectivity index (χ1v) is 7.78. The van der Waals surface area contributed by atoms with Gasteiger partial charge in [-0.1, -0.05) is 6.92 Å². The Morgan fingerprint density at radius 3 is 2.82 bits per heavy atom. The minimum absolute atomic E-state index is 0.168. The summed E-state index contributed by atoms with van der Waals surface area (Å²) in [5, 5.41) is 10.9. The monoisotopic (exact) mass is 323 g/mol. The molecule has 2 amide bonds. The third-order valence-corrected chi connectivity index (χ3v) is 4.38. The van der Waals surface area contributed by atoms with Crippen LogP contribution in [0.1, 0.15) is 28.4 Å². The fourth-order valence-electron chi connectivity index (χ4n) is 2.11. The number of aryl methyl sites for hydroxylation is 3. The molecular weight excluding hydrogens is 302 g/mol. The molecule has 2 rings (SSSR count). The molecule has 1 atom stereocenters. The number of carbonyl (C=O) groups excluding carboxylic acids is 1. The maximum atomic E-state index is 12.1. The molecule has 0 aliphatic rings. The highest BCUT2D eigenvalue weighted by Crippen LogP contribution is 2.27. The molecule has 2 heterocycles. The van der Waals surface area contributed by atoms with Crippen molar-refractivity contribution < 1.29 is 9.53 Å². The second-order valence-electron chi connectivity index (χ2n) is 5.14. The quantitative estimate of drug-likeness (QED) is 0.885. The van der Waals surface area contributed by atoms with Gasteiger partial charge >= 0.3 is 6.03 Å². The molecule has 0 aliphatic heterocycles. The Balaban J connectivity index is 1.93. The molecular formula is C14H21N5O2S. The van der Waals surface area contributed by atoms with Gasteiger partial charge in [0, 0.05) is 30.6 Å². The molecule has 120 valence electrons. The van der Waals surface area contributed by atoms with E-state index in [9.17, 15) is 4.79 Å². The summed E-state index contributed by atoms with van der Waals surface area (Å²) in [6.07, 6.45) is 1.85. The molecule has 7 nitrogen and oxygen atoms in total. The van der Waals surface area contributed by atoms with E-state index in [-0.39, 0.29) is 11.9 Å². The molecule has 2 N–H and O–H groups in total. The zero-order valence-corrected chi connectivity index (χ0v) is 14.2. The highest BCUT2D eigenvalue weighted by atomic mass is 32.1. The lowest BCUT2D eigenvalue weighted by molar-refractivity contribution is 0.251. The molecule has 2 aromatic rings. The molecule has 8 heteroatoms. The van der Waals surface area contributed by atoms with E-state index in [1.165, 1.54) is 4.88 Å². The summed E-state index contributed by atoms with van der Waals surface area (Å²) in [5.74, 6) is 0.692. The van der Waals surface area contributed by atoms with Gasteiger partial charge in [0.25, 0.3) is 0 Å². The number of urea groups is 1. The van der Waals surface area contributed by atoms with E-state index in [4.69, 9.17) is 4.74 Å². The Hall–Kier alpha value is -2.09. The van der Waals surface area contributed by atoms with E-state index in [1.54, 1.807) is 30.2 Å². The summed E-state index contributed by atoms with van der Waals surface area (Å²) in [5.41, 5.74) is 1.29. The van der Waals surface area contributed by atoms with Crippen molar-refractivity contribution in [2.24, 2.45) is 7.05 Å². The average Bonchev–Trinajstić information content (AvgIpc) is 3.01. The lowest BCUT2D eigenvalue weighted by Gasteiger charge is -2.11. The predicted molar refractivity (Wildman–Crippen MR) is 86.8 cm³/mol. The Labute approximate surface area is 133 Å². The molecule has 0 unspecified atom stereocenters. The summed E-state index contributed by atoms with van der Waals surface area (Å²) in [6.45, 7) is 6.39. The van der Waals surface area contributed by atoms with Crippen molar-refractivity contribution in [3.05, 3.63) is 21.8 Å². The number of methoxy groups -OCH3 is 1. The Morgan fingerprint density at radius 1 is 1.50 bits per heavy atom. The number of nitrogens with one attached hydrogen (secondary N) is 2. The van der Waals surface area contributed by atoms with Crippen molar-refractivity contribution in [2.75, 3.05) is 19.0 Å². The maximum Gasteiger partial charge on any atom is 0.319 e. The topological polar surface area (TPSA) is 81.1 Å². The number of carbonyl (C=O) groups is 1. The van der Waals surface area contributed by atoms with Crippen molar-refractivity contribution in [3.8, 4) is 5.88 Å². The number of aromatic nitrogens is 3. The SMILES string of the molecule is COc1c(NC(=O)NC[C@H](C)c2ncc(C)s2)c(C)nn1C. The number of hydrogen-bond acceptors (Lipinski definition) is 5. The first kappa shape index (κ1) is 16.3. The molecule has 0 aromatic carbocycles. The zero-order chi connectivity index (χ0) is 16.3. The fraction of sp³-hybridized carbons (Fsp3) is 0.500. The lowest BCUT2D eigenvalue weighted by Crippen LogP contribution is -2.32. The normalized spacial score (nSPS) is 12.0. The van der Waals surface area contributed by atoms with Crippen molar-refractivity contribution in [1.29, 1.82) is 0 Å². The molecule has 0 bridgehead atoms. The molecule has 2 aromatic heterocycles. The summed E-state index contributed by atoms with van der Waals surface area (Å²) in [6, 6.07) is -0.283. The largest absolute Gasteiger partial charge is 0.480 e. The van der Waals surface area contributed by atoms with Crippen LogP contribution in [0.3, 0.4) is 0 Å². The summed E-state index contributed by atoms with van der Waals surface area (Å²) < 4.78 is 6.83. The van der Waals surface area contributed by atoms with Gasteiger partial charge in [0.15, 0.2) is 0 Å². The smallest absolute Gasteiger partial charge is 0.319 e. The van der Waals surface area contributed by atoms with E-state index >= 15 is 0 Å². The van der Waals surface area contributed by atoms with Crippen LogP contribution in [0.5, 0.6) is 5.88 Å². The van der Waals surface area contributed by atoms with Crippen LogP contribution in [0.15, 0.2) is 6.20 Å². The number of ether oxygens (including phenoxy) is 1. The molecule has 0 saturated carbocycles. The van der Waals surface area contributed by atoms with Crippen LogP contribution in [0.25, 0.3) is 0 Å². The van der Waals surface area contributed by atoms with Gasteiger partial charge in [0.1, 0.15) is 5.69 Å². The first-order chi connectivity index (χ1) is 10.4. The second-order valence-corrected chi connectivity index (χ2v) is 6.40. The Kier molecular flexibility index (Phi) is 5.02. The Bertz CT molecular complexity index is 664. The van der Waals surface area contributed by atoms with Gasteiger partial charge in [-0.25, -0.2) is 14.5 Å². The van der Waals surface area contributed by atoms with Crippen molar-refractivity contribution in [2.45, 2.75) is 26.7 Å². The predicted octanol–water partition coefficient (Wildman–Crippen LogP) is 2.43. The van der Waals surface area contributed by atoms with Gasteiger partial charge in [0.05, 0.1) is 17.8 Å². The zero-order valence-electron chi connectivity index (χ0n) is 13.4. The highest BCUT2D eigenvalue weighted by Gasteiger charge is 2.17. The van der Waals surface area contributed by atoms with Crippen molar-refractivity contribution in [3.63, 3.8) is 0 Å². The van der Waals surface area contributed by atoms with E-state index in [2.05, 4.69) is 20.7 Å². The maximum absolute atomic E-state index is 12.1. The third kappa shape index (κ3) is 3.56. The van der Waals surface area contributed by atoms with E-state index in [0.717, 1.165) is 5.01 Å². The number of rotatable bonds is 5. The first-order valence-electron chi connectivity index (χ1n) is 6.97. The number of nitrogens with zero attached hydrogens (tertiary/aromatic N) is 3. The molecule has 0 saturated heterocycles. The van der Waals surface area contributed by atoms with Gasteiger partial charge in [-0.05, 0) is 13.8 Å². The molecule has 0 fully saturated rings. The molecule has 22 heavy (non-hydrogen) atoms. The highest BCUT2D eigenvalue weighted by molar-refractivity contribution is 7.11. The van der Waals surface area contributed by atoms with E-state index < -0.39 is 0 Å². The number of thiazole rings is 1. The third-order valence-electron chi connectivity index (χ3n) is 3.23. The van der Waals surface area contributed by atoms with Gasteiger partial charge in [0.2, 0.25) is 5.88 Å². The number of anilines is 1. The van der Waals surface area contributed by atoms with Gasteiger partial charge in [-0.3, -0.25) is 0 Å². The van der Waals surface area contributed by atoms with Gasteiger partial charge < -0.3 is 15.4 Å². The number of hydrogen-bond donors (Lipinski definition) is 2. The average molecular weight is 323 g/mol. The summed E-state index contributed by atoms with van der Waals surface area (Å²) >= 11 is 1.65. The van der Waals surface area contributed by atoms with E-state index in [0.29, 0.717) is 23.8 Å². The fourth-order valence-corrected chi connectivity index (χ4v) is 2.93. The van der Waals surface area contributed by atoms with Crippen LogP contribution in [0.4, 0.5) is 10.5 Å². The van der Waals surface area contributed by atoms with Gasteiger partial charge in [-0.15, -0.1) is 11.3 Å². The van der Waals surface area contributed by atoms with Gasteiger partial charge in [-0.2, -0.15) is 5.10 Å². The standard InChI is InChI=1S/C14H21N5O2S/c1-8(12-15-7-9(2)22-12)6-16-14(20)17-11-10(3)18-19(4)13(11)21-5/h7-8H,6H2,1-5H3,(H2,16,17,20)/t8-/m0/s1. The summed E-state index contributed by atoms with van der Waals surface area (Å²) in [4.78, 5) is 17.6. The second kappa shape index (κ2) is 6.78. The molecule has 0 aliphatic carbocycles. The van der Waals surface area contributed by atoms with Crippen LogP contribution < -0.4 is 15.4 Å².